The number of aliphatic hydroxyl groups excluding tert-OH is 1. The Labute approximate surface area is 186 Å². The highest BCUT2D eigenvalue weighted by atomic mass is 16.4. The molecule has 184 valence electrons. The SMILES string of the molecule is CC(C)C(NC(=O)C(N)CCCCN)C(=O)NC(C(=O)NC(CC(=O)O)C(=O)O)C(C)O. The number of carbonyl (C=O) groups is 5. The smallest absolute Gasteiger partial charge is 0.326 e. The van der Waals surface area contributed by atoms with Crippen LogP contribution in [0.4, 0.5) is 0 Å². The Morgan fingerprint density at radius 1 is 0.844 bits per heavy atom. The molecule has 0 aliphatic heterocycles. The number of carboxylic acid groups (broad SMARTS) is 2. The standard InChI is InChI=1S/C19H35N5O8/c1-9(2)14(23-16(28)11(21)6-4-5-7-20)17(29)24-15(10(3)25)18(30)22-12(19(31)32)8-13(26)27/h9-12,14-15,25H,4-8,20-21H2,1-3H3,(H,22,30)(H,23,28)(H,24,29)(H,26,27)(H,31,32). The van der Waals surface area contributed by atoms with E-state index in [9.17, 15) is 29.1 Å². The van der Waals surface area contributed by atoms with E-state index in [1.165, 1.54) is 6.92 Å². The van der Waals surface area contributed by atoms with Crippen LogP contribution in [0.2, 0.25) is 0 Å². The fraction of sp³-hybridized carbons (Fsp3) is 0.737. The van der Waals surface area contributed by atoms with Gasteiger partial charge in [-0.3, -0.25) is 19.2 Å². The summed E-state index contributed by atoms with van der Waals surface area (Å²) in [4.78, 5) is 59.5. The van der Waals surface area contributed by atoms with Gasteiger partial charge < -0.3 is 42.7 Å². The number of aliphatic hydroxyl groups is 1. The lowest BCUT2D eigenvalue weighted by molar-refractivity contribution is -0.148. The number of rotatable bonds is 15. The van der Waals surface area contributed by atoms with Crippen molar-refractivity contribution in [1.82, 2.24) is 16.0 Å². The van der Waals surface area contributed by atoms with Crippen LogP contribution in [0.25, 0.3) is 0 Å². The van der Waals surface area contributed by atoms with E-state index in [1.807, 2.05) is 5.32 Å². The van der Waals surface area contributed by atoms with E-state index in [2.05, 4.69) is 10.6 Å². The summed E-state index contributed by atoms with van der Waals surface area (Å²) in [5, 5.41) is 34.5. The quantitative estimate of drug-likeness (QED) is 0.119. The molecule has 13 nitrogen and oxygen atoms in total. The van der Waals surface area contributed by atoms with Gasteiger partial charge >= 0.3 is 11.9 Å². The summed E-state index contributed by atoms with van der Waals surface area (Å²) in [6.45, 7) is 4.95. The summed E-state index contributed by atoms with van der Waals surface area (Å²) in [6, 6.07) is -5.30. The summed E-state index contributed by atoms with van der Waals surface area (Å²) in [7, 11) is 0. The van der Waals surface area contributed by atoms with Crippen LogP contribution >= 0.6 is 0 Å². The van der Waals surface area contributed by atoms with Crippen molar-refractivity contribution in [3.63, 3.8) is 0 Å². The normalized spacial score (nSPS) is 15.7. The summed E-state index contributed by atoms with van der Waals surface area (Å²) in [5.74, 6) is -5.91. The summed E-state index contributed by atoms with van der Waals surface area (Å²) < 4.78 is 0. The van der Waals surface area contributed by atoms with Gasteiger partial charge in [-0.05, 0) is 32.2 Å². The molecule has 5 atom stereocenters. The first-order valence-corrected chi connectivity index (χ1v) is 10.3. The lowest BCUT2D eigenvalue weighted by Gasteiger charge is -2.28. The maximum absolute atomic E-state index is 12.7. The van der Waals surface area contributed by atoms with Gasteiger partial charge in [-0.2, -0.15) is 0 Å². The zero-order valence-corrected chi connectivity index (χ0v) is 18.5. The van der Waals surface area contributed by atoms with E-state index in [-0.39, 0.29) is 0 Å². The second-order valence-electron chi connectivity index (χ2n) is 7.85. The number of aliphatic carboxylic acids is 2. The van der Waals surface area contributed by atoms with Crippen molar-refractivity contribution in [2.45, 2.75) is 76.7 Å². The van der Waals surface area contributed by atoms with Crippen molar-refractivity contribution in [1.29, 1.82) is 0 Å². The molecule has 32 heavy (non-hydrogen) atoms. The van der Waals surface area contributed by atoms with Crippen LogP contribution in [0.5, 0.6) is 0 Å². The predicted molar refractivity (Wildman–Crippen MR) is 113 cm³/mol. The van der Waals surface area contributed by atoms with Gasteiger partial charge in [0.2, 0.25) is 17.7 Å². The van der Waals surface area contributed by atoms with Crippen LogP contribution in [0.3, 0.4) is 0 Å². The van der Waals surface area contributed by atoms with Gasteiger partial charge in [0, 0.05) is 0 Å². The molecule has 0 saturated heterocycles. The van der Waals surface area contributed by atoms with Crippen molar-refractivity contribution in [2.24, 2.45) is 17.4 Å². The van der Waals surface area contributed by atoms with Gasteiger partial charge in [0.05, 0.1) is 18.6 Å². The highest BCUT2D eigenvalue weighted by molar-refractivity contribution is 5.95. The predicted octanol–water partition coefficient (Wildman–Crippen LogP) is -2.51. The average Bonchev–Trinajstić information content (AvgIpc) is 2.68. The van der Waals surface area contributed by atoms with Crippen LogP contribution in [0, 0.1) is 5.92 Å². The minimum atomic E-state index is -1.76. The molecular weight excluding hydrogens is 426 g/mol. The van der Waals surface area contributed by atoms with Gasteiger partial charge in [-0.25, -0.2) is 4.79 Å². The molecule has 0 aromatic rings. The van der Waals surface area contributed by atoms with Gasteiger partial charge in [0.25, 0.3) is 0 Å². The van der Waals surface area contributed by atoms with Crippen molar-refractivity contribution >= 4 is 29.7 Å². The van der Waals surface area contributed by atoms with E-state index >= 15 is 0 Å². The van der Waals surface area contributed by atoms with Gasteiger partial charge in [-0.1, -0.05) is 20.3 Å². The number of unbranched alkanes of at least 4 members (excludes halogenated alkanes) is 1. The number of amides is 3. The zero-order chi connectivity index (χ0) is 25.0. The second-order valence-corrected chi connectivity index (χ2v) is 7.85. The fourth-order valence-electron chi connectivity index (χ4n) is 2.72. The molecule has 0 radical (unpaired) electrons. The first-order chi connectivity index (χ1) is 14.8. The maximum atomic E-state index is 12.7. The van der Waals surface area contributed by atoms with Gasteiger partial charge in [0.1, 0.15) is 18.1 Å². The molecule has 0 aromatic heterocycles. The molecule has 0 aliphatic rings. The van der Waals surface area contributed by atoms with Crippen LogP contribution < -0.4 is 27.4 Å². The molecule has 10 N–H and O–H groups in total. The Morgan fingerprint density at radius 3 is 1.81 bits per heavy atom. The van der Waals surface area contributed by atoms with E-state index in [4.69, 9.17) is 21.7 Å². The molecule has 0 spiro atoms. The van der Waals surface area contributed by atoms with E-state index in [0.29, 0.717) is 25.8 Å². The number of carboxylic acids is 2. The van der Waals surface area contributed by atoms with Crippen molar-refractivity contribution in [3.8, 4) is 0 Å². The first-order valence-electron chi connectivity index (χ1n) is 10.3. The molecule has 3 amide bonds. The molecule has 0 aromatic carbocycles. The van der Waals surface area contributed by atoms with Crippen molar-refractivity contribution in [2.75, 3.05) is 6.54 Å². The zero-order valence-electron chi connectivity index (χ0n) is 18.5. The third-order valence-corrected chi connectivity index (χ3v) is 4.61. The minimum absolute atomic E-state index is 0.369. The van der Waals surface area contributed by atoms with Crippen molar-refractivity contribution < 1.29 is 39.3 Å². The minimum Gasteiger partial charge on any atom is -0.481 e. The van der Waals surface area contributed by atoms with Crippen LogP contribution in [0.15, 0.2) is 0 Å². The van der Waals surface area contributed by atoms with Crippen molar-refractivity contribution in [3.05, 3.63) is 0 Å². The third kappa shape index (κ3) is 10.5. The molecule has 0 aliphatic carbocycles. The number of hydrogen-bond donors (Lipinski definition) is 8. The molecule has 0 rings (SSSR count). The lowest BCUT2D eigenvalue weighted by Crippen LogP contribution is -2.60. The number of hydrogen-bond acceptors (Lipinski definition) is 8. The Bertz CT molecular complexity index is 670. The molecule has 0 heterocycles. The number of nitrogens with one attached hydrogen (secondary N) is 3. The van der Waals surface area contributed by atoms with Crippen LogP contribution in [0.1, 0.15) is 46.5 Å². The topological polar surface area (TPSA) is 234 Å². The Hall–Kier alpha value is -2.77. The first kappa shape index (κ1) is 29.2. The summed E-state index contributed by atoms with van der Waals surface area (Å²) in [5.41, 5.74) is 11.2. The highest BCUT2D eigenvalue weighted by Crippen LogP contribution is 2.06. The summed E-state index contributed by atoms with van der Waals surface area (Å²) in [6.07, 6.45) is -0.642. The van der Waals surface area contributed by atoms with E-state index < -0.39 is 72.3 Å². The molecule has 13 heteroatoms. The Morgan fingerprint density at radius 2 is 1.38 bits per heavy atom. The average molecular weight is 462 g/mol. The van der Waals surface area contributed by atoms with Gasteiger partial charge in [0.15, 0.2) is 0 Å². The lowest BCUT2D eigenvalue weighted by atomic mass is 10.0. The van der Waals surface area contributed by atoms with Crippen LogP contribution in [-0.2, 0) is 24.0 Å². The van der Waals surface area contributed by atoms with Crippen LogP contribution in [-0.4, -0.2) is 81.8 Å². The fourth-order valence-corrected chi connectivity index (χ4v) is 2.72. The maximum Gasteiger partial charge on any atom is 0.326 e. The molecule has 5 unspecified atom stereocenters. The molecular formula is C19H35N5O8. The third-order valence-electron chi connectivity index (χ3n) is 4.61. The largest absolute Gasteiger partial charge is 0.481 e. The highest BCUT2D eigenvalue weighted by Gasteiger charge is 2.34. The molecule has 0 bridgehead atoms. The molecule has 0 fully saturated rings. The van der Waals surface area contributed by atoms with E-state index in [0.717, 1.165) is 0 Å². The second kappa shape index (κ2) is 14.3. The monoisotopic (exact) mass is 461 g/mol. The number of carbonyl (C=O) groups excluding carboxylic acids is 3. The Kier molecular flexibility index (Phi) is 13.1. The molecule has 0 saturated carbocycles. The summed E-state index contributed by atoms with van der Waals surface area (Å²) >= 11 is 0. The number of nitrogens with two attached hydrogens (primary N) is 2. The van der Waals surface area contributed by atoms with Gasteiger partial charge in [-0.15, -0.1) is 0 Å². The Balaban J connectivity index is 5.27. The van der Waals surface area contributed by atoms with E-state index in [1.54, 1.807) is 13.8 Å².